The van der Waals surface area contributed by atoms with Crippen LogP contribution >= 0.6 is 15.9 Å². The van der Waals surface area contributed by atoms with E-state index in [1.54, 1.807) is 37.4 Å². The van der Waals surface area contributed by atoms with Crippen LogP contribution in [0.3, 0.4) is 0 Å². The third-order valence-electron chi connectivity index (χ3n) is 4.17. The van der Waals surface area contributed by atoms with Crippen molar-refractivity contribution < 1.29 is 4.39 Å². The number of halogens is 2. The molecule has 0 aliphatic heterocycles. The Kier molecular flexibility index (Phi) is 4.12. The normalized spacial score (nSPS) is 11.0. The molecule has 0 atom stereocenters. The minimum Gasteiger partial charge on any atom is -0.268 e. The third-order valence-corrected chi connectivity index (χ3v) is 4.86. The molecule has 0 saturated carbocycles. The first kappa shape index (κ1) is 16.6. The molecular weight excluding hydrogens is 397 g/mol. The quantitative estimate of drug-likeness (QED) is 0.483. The lowest BCUT2D eigenvalue weighted by Gasteiger charge is -2.15. The van der Waals surface area contributed by atoms with Gasteiger partial charge < -0.3 is 0 Å². The Morgan fingerprint density at radius 1 is 1.08 bits per heavy atom. The van der Waals surface area contributed by atoms with E-state index in [1.807, 2.05) is 24.3 Å². The van der Waals surface area contributed by atoms with Gasteiger partial charge in [-0.3, -0.25) is 9.36 Å². The van der Waals surface area contributed by atoms with Crippen LogP contribution in [0.1, 0.15) is 5.56 Å². The number of nitrogens with zero attached hydrogens (tertiary/aromatic N) is 3. The number of hydrogen-bond donors (Lipinski definition) is 0. The van der Waals surface area contributed by atoms with Gasteiger partial charge in [0, 0.05) is 16.2 Å². The number of aromatic nitrogens is 3. The summed E-state index contributed by atoms with van der Waals surface area (Å²) in [6, 6.07) is 15.5. The first-order valence-corrected chi connectivity index (χ1v) is 8.75. The van der Waals surface area contributed by atoms with E-state index in [9.17, 15) is 9.18 Å². The second kappa shape index (κ2) is 6.46. The molecular formula is C20H13BrFN3O. The van der Waals surface area contributed by atoms with Gasteiger partial charge in [0.2, 0.25) is 0 Å². The molecule has 4 nitrogen and oxygen atoms in total. The molecule has 0 bridgehead atoms. The van der Waals surface area contributed by atoms with Gasteiger partial charge in [-0.25, -0.2) is 14.4 Å². The molecule has 0 aliphatic carbocycles. The van der Waals surface area contributed by atoms with E-state index in [-0.39, 0.29) is 11.4 Å². The van der Waals surface area contributed by atoms with Gasteiger partial charge in [-0.05, 0) is 42.8 Å². The molecule has 0 spiro atoms. The maximum Gasteiger partial charge on any atom is 0.267 e. The van der Waals surface area contributed by atoms with Crippen LogP contribution in [0.2, 0.25) is 0 Å². The summed E-state index contributed by atoms with van der Waals surface area (Å²) >= 11 is 3.50. The SMILES string of the molecule is Cc1ccc(-n2c(-c3ccccc3Br)nc3ncccc3c2=O)cc1F. The average Bonchev–Trinajstić information content (AvgIpc) is 2.65. The highest BCUT2D eigenvalue weighted by Crippen LogP contribution is 2.28. The smallest absolute Gasteiger partial charge is 0.267 e. The van der Waals surface area contributed by atoms with Crippen LogP contribution in [-0.4, -0.2) is 14.5 Å². The van der Waals surface area contributed by atoms with Crippen molar-refractivity contribution in [3.63, 3.8) is 0 Å². The van der Waals surface area contributed by atoms with E-state index in [2.05, 4.69) is 25.9 Å². The fraction of sp³-hybridized carbons (Fsp3) is 0.0500. The van der Waals surface area contributed by atoms with E-state index in [0.29, 0.717) is 28.1 Å². The van der Waals surface area contributed by atoms with Crippen LogP contribution in [0.25, 0.3) is 28.1 Å². The average molecular weight is 410 g/mol. The van der Waals surface area contributed by atoms with Gasteiger partial charge >= 0.3 is 0 Å². The monoisotopic (exact) mass is 409 g/mol. The largest absolute Gasteiger partial charge is 0.268 e. The Labute approximate surface area is 157 Å². The zero-order valence-corrected chi connectivity index (χ0v) is 15.4. The summed E-state index contributed by atoms with van der Waals surface area (Å²) in [7, 11) is 0. The van der Waals surface area contributed by atoms with Crippen molar-refractivity contribution in [1.29, 1.82) is 0 Å². The highest BCUT2D eigenvalue weighted by Gasteiger charge is 2.17. The topological polar surface area (TPSA) is 47.8 Å². The minimum atomic E-state index is -0.376. The van der Waals surface area contributed by atoms with Crippen LogP contribution in [0.5, 0.6) is 0 Å². The predicted molar refractivity (Wildman–Crippen MR) is 103 cm³/mol. The summed E-state index contributed by atoms with van der Waals surface area (Å²) < 4.78 is 16.4. The highest BCUT2D eigenvalue weighted by atomic mass is 79.9. The number of aryl methyl sites for hydroxylation is 1. The van der Waals surface area contributed by atoms with Crippen LogP contribution in [-0.2, 0) is 0 Å². The Bertz CT molecular complexity index is 1200. The molecule has 0 fully saturated rings. The summed E-state index contributed by atoms with van der Waals surface area (Å²) in [5.41, 5.74) is 1.71. The summed E-state index contributed by atoms with van der Waals surface area (Å²) in [5.74, 6) is 0.0238. The Morgan fingerprint density at radius 2 is 1.88 bits per heavy atom. The maximum atomic E-state index is 14.2. The molecule has 4 aromatic rings. The standard InChI is InChI=1S/C20H13BrFN3O/c1-12-8-9-13(11-17(12)22)25-19(14-5-2-3-7-16(14)21)24-18-15(20(25)26)6-4-10-23-18/h2-11H,1H3. The zero-order valence-electron chi connectivity index (χ0n) is 13.8. The molecule has 2 aromatic carbocycles. The fourth-order valence-corrected chi connectivity index (χ4v) is 3.27. The Morgan fingerprint density at radius 3 is 2.65 bits per heavy atom. The van der Waals surface area contributed by atoms with Crippen LogP contribution in [0.15, 0.2) is 70.1 Å². The Balaban J connectivity index is 2.14. The van der Waals surface area contributed by atoms with Crippen molar-refractivity contribution in [2.75, 3.05) is 0 Å². The van der Waals surface area contributed by atoms with Gasteiger partial charge in [0.05, 0.1) is 11.1 Å². The summed E-state index contributed by atoms with van der Waals surface area (Å²) in [5, 5.41) is 0.379. The lowest BCUT2D eigenvalue weighted by Crippen LogP contribution is -2.22. The third kappa shape index (κ3) is 2.72. The zero-order chi connectivity index (χ0) is 18.3. The number of hydrogen-bond acceptors (Lipinski definition) is 3. The molecule has 0 amide bonds. The molecule has 128 valence electrons. The molecule has 6 heteroatoms. The van der Waals surface area contributed by atoms with Gasteiger partial charge in [-0.2, -0.15) is 0 Å². The molecule has 0 N–H and O–H groups in total. The molecule has 4 rings (SSSR count). The van der Waals surface area contributed by atoms with Crippen molar-refractivity contribution in [3.8, 4) is 17.1 Å². The van der Waals surface area contributed by atoms with Crippen molar-refractivity contribution in [2.24, 2.45) is 0 Å². The molecule has 2 aromatic heterocycles. The molecule has 2 heterocycles. The maximum absolute atomic E-state index is 14.2. The van der Waals surface area contributed by atoms with Gasteiger partial charge in [-0.1, -0.05) is 40.2 Å². The van der Waals surface area contributed by atoms with Crippen LogP contribution in [0, 0.1) is 12.7 Å². The summed E-state index contributed by atoms with van der Waals surface area (Å²) in [6.45, 7) is 1.68. The fourth-order valence-electron chi connectivity index (χ4n) is 2.80. The first-order chi connectivity index (χ1) is 12.6. The summed E-state index contributed by atoms with van der Waals surface area (Å²) in [6.07, 6.45) is 1.59. The van der Waals surface area contributed by atoms with E-state index in [4.69, 9.17) is 0 Å². The number of benzene rings is 2. The summed E-state index contributed by atoms with van der Waals surface area (Å²) in [4.78, 5) is 22.0. The van der Waals surface area contributed by atoms with E-state index < -0.39 is 0 Å². The van der Waals surface area contributed by atoms with Crippen molar-refractivity contribution in [3.05, 3.63) is 87.0 Å². The predicted octanol–water partition coefficient (Wildman–Crippen LogP) is 4.66. The van der Waals surface area contributed by atoms with E-state index >= 15 is 0 Å². The van der Waals surface area contributed by atoms with Gasteiger partial charge in [0.15, 0.2) is 11.5 Å². The molecule has 0 aliphatic rings. The lowest BCUT2D eigenvalue weighted by molar-refractivity contribution is 0.617. The van der Waals surface area contributed by atoms with Gasteiger partial charge in [0.1, 0.15) is 5.82 Å². The number of rotatable bonds is 2. The van der Waals surface area contributed by atoms with E-state index in [1.165, 1.54) is 10.6 Å². The van der Waals surface area contributed by atoms with Gasteiger partial charge in [0.25, 0.3) is 5.56 Å². The highest BCUT2D eigenvalue weighted by molar-refractivity contribution is 9.10. The van der Waals surface area contributed by atoms with Crippen molar-refractivity contribution in [2.45, 2.75) is 6.92 Å². The van der Waals surface area contributed by atoms with Crippen LogP contribution in [0.4, 0.5) is 4.39 Å². The minimum absolute atomic E-state index is 0.294. The second-order valence-electron chi connectivity index (χ2n) is 5.86. The molecule has 0 saturated heterocycles. The molecule has 0 unspecified atom stereocenters. The second-order valence-corrected chi connectivity index (χ2v) is 6.72. The number of pyridine rings is 1. The van der Waals surface area contributed by atoms with Gasteiger partial charge in [-0.15, -0.1) is 0 Å². The van der Waals surface area contributed by atoms with Crippen molar-refractivity contribution in [1.82, 2.24) is 14.5 Å². The van der Waals surface area contributed by atoms with Crippen molar-refractivity contribution >= 4 is 27.0 Å². The van der Waals surface area contributed by atoms with E-state index in [0.717, 1.165) is 10.0 Å². The lowest BCUT2D eigenvalue weighted by atomic mass is 10.1. The Hall–Kier alpha value is -2.86. The molecule has 0 radical (unpaired) electrons. The molecule has 26 heavy (non-hydrogen) atoms. The first-order valence-electron chi connectivity index (χ1n) is 7.95. The number of fused-ring (bicyclic) bond motifs is 1. The van der Waals surface area contributed by atoms with Crippen LogP contribution < -0.4 is 5.56 Å².